The maximum Gasteiger partial charge on any atom is 0.128 e. The molecule has 0 fully saturated rings. The lowest BCUT2D eigenvalue weighted by molar-refractivity contribution is 0.0660. The molecule has 0 saturated heterocycles. The summed E-state index contributed by atoms with van der Waals surface area (Å²) in [6, 6.07) is 8.47. The fourth-order valence-electron chi connectivity index (χ4n) is 2.69. The molecule has 1 aliphatic heterocycles. The van der Waals surface area contributed by atoms with Gasteiger partial charge in [0.1, 0.15) is 17.1 Å². The average molecular weight is 288 g/mol. The standard InChI is InChI=1S/C17H24N2O2/c1-4-19-15-12-17(2,3)21-16-11-13(7-8-14(15)16)20-10-6-5-9-18/h7-8,11,15,19H,4-6,10,12H2,1-3H3. The molecular weight excluding hydrogens is 264 g/mol. The van der Waals surface area contributed by atoms with Crippen molar-refractivity contribution in [3.8, 4) is 17.6 Å². The zero-order valence-corrected chi connectivity index (χ0v) is 13.1. The first-order chi connectivity index (χ1) is 10.1. The second-order valence-corrected chi connectivity index (χ2v) is 5.99. The van der Waals surface area contributed by atoms with Crippen molar-refractivity contribution in [1.29, 1.82) is 5.26 Å². The van der Waals surface area contributed by atoms with Crippen molar-refractivity contribution in [2.75, 3.05) is 13.2 Å². The lowest BCUT2D eigenvalue weighted by Crippen LogP contribution is -2.39. The van der Waals surface area contributed by atoms with Gasteiger partial charge in [0.25, 0.3) is 0 Å². The first-order valence-corrected chi connectivity index (χ1v) is 7.62. The van der Waals surface area contributed by atoms with Gasteiger partial charge in [0, 0.05) is 30.5 Å². The number of ether oxygens (including phenoxy) is 2. The van der Waals surface area contributed by atoms with Crippen LogP contribution < -0.4 is 14.8 Å². The molecule has 1 heterocycles. The quantitative estimate of drug-likeness (QED) is 0.813. The first kappa shape index (κ1) is 15.7. The monoisotopic (exact) mass is 288 g/mol. The van der Waals surface area contributed by atoms with E-state index in [-0.39, 0.29) is 5.60 Å². The maximum absolute atomic E-state index is 8.53. The molecule has 4 nitrogen and oxygen atoms in total. The molecule has 0 amide bonds. The van der Waals surface area contributed by atoms with Crippen LogP contribution in [0.1, 0.15) is 51.6 Å². The third kappa shape index (κ3) is 4.12. The zero-order valence-electron chi connectivity index (χ0n) is 13.1. The molecule has 0 aliphatic carbocycles. The van der Waals surface area contributed by atoms with Gasteiger partial charge in [0.05, 0.1) is 12.7 Å². The fraction of sp³-hybridized carbons (Fsp3) is 0.588. The van der Waals surface area contributed by atoms with Crippen LogP contribution in [0.2, 0.25) is 0 Å². The van der Waals surface area contributed by atoms with Gasteiger partial charge in [-0.05, 0) is 32.9 Å². The van der Waals surface area contributed by atoms with Gasteiger partial charge >= 0.3 is 0 Å². The van der Waals surface area contributed by atoms with Gasteiger partial charge in [0.15, 0.2) is 0 Å². The number of fused-ring (bicyclic) bond motifs is 1. The van der Waals surface area contributed by atoms with Gasteiger partial charge in [-0.25, -0.2) is 0 Å². The fourth-order valence-corrected chi connectivity index (χ4v) is 2.69. The molecule has 114 valence electrons. The lowest BCUT2D eigenvalue weighted by Gasteiger charge is -2.38. The zero-order chi connectivity index (χ0) is 15.3. The van der Waals surface area contributed by atoms with Crippen molar-refractivity contribution in [1.82, 2.24) is 5.32 Å². The summed E-state index contributed by atoms with van der Waals surface area (Å²) in [4.78, 5) is 0. The van der Waals surface area contributed by atoms with Crippen molar-refractivity contribution in [2.45, 2.75) is 51.7 Å². The van der Waals surface area contributed by atoms with Gasteiger partial charge in [0.2, 0.25) is 0 Å². The van der Waals surface area contributed by atoms with Gasteiger partial charge in [-0.2, -0.15) is 5.26 Å². The Hall–Kier alpha value is -1.73. The molecule has 4 heteroatoms. The highest BCUT2D eigenvalue weighted by Crippen LogP contribution is 2.41. The molecule has 0 bridgehead atoms. The largest absolute Gasteiger partial charge is 0.493 e. The summed E-state index contributed by atoms with van der Waals surface area (Å²) in [6.07, 6.45) is 2.23. The highest BCUT2D eigenvalue weighted by Gasteiger charge is 2.33. The number of benzene rings is 1. The number of nitrogens with zero attached hydrogens (tertiary/aromatic N) is 1. The predicted octanol–water partition coefficient (Wildman–Crippen LogP) is 3.58. The van der Waals surface area contributed by atoms with Crippen LogP contribution >= 0.6 is 0 Å². The Kier molecular flexibility index (Phi) is 5.08. The number of nitriles is 1. The number of hydrogen-bond donors (Lipinski definition) is 1. The van der Waals surface area contributed by atoms with E-state index in [1.807, 2.05) is 12.1 Å². The molecule has 0 radical (unpaired) electrons. The molecule has 1 atom stereocenters. The summed E-state index contributed by atoms with van der Waals surface area (Å²) in [5, 5.41) is 12.0. The van der Waals surface area contributed by atoms with Gasteiger partial charge in [-0.15, -0.1) is 0 Å². The SMILES string of the molecule is CCNC1CC(C)(C)Oc2cc(OCCCC#N)ccc21. The number of hydrogen-bond acceptors (Lipinski definition) is 4. The highest BCUT2D eigenvalue weighted by atomic mass is 16.5. The lowest BCUT2D eigenvalue weighted by atomic mass is 9.89. The minimum absolute atomic E-state index is 0.181. The molecule has 1 aliphatic rings. The van der Waals surface area contributed by atoms with Crippen LogP contribution in [-0.4, -0.2) is 18.8 Å². The summed E-state index contributed by atoms with van der Waals surface area (Å²) < 4.78 is 11.8. The van der Waals surface area contributed by atoms with Gasteiger partial charge in [-0.1, -0.05) is 13.0 Å². The molecule has 0 saturated carbocycles. The summed E-state index contributed by atoms with van der Waals surface area (Å²) >= 11 is 0. The van der Waals surface area contributed by atoms with Crippen molar-refractivity contribution < 1.29 is 9.47 Å². The number of unbranched alkanes of at least 4 members (excludes halogenated alkanes) is 1. The Morgan fingerprint density at radius 1 is 1.48 bits per heavy atom. The third-order valence-corrected chi connectivity index (χ3v) is 3.59. The minimum atomic E-state index is -0.181. The Bertz CT molecular complexity index is 520. The van der Waals surface area contributed by atoms with E-state index in [1.54, 1.807) is 0 Å². The molecule has 1 aromatic rings. The Balaban J connectivity index is 2.12. The second-order valence-electron chi connectivity index (χ2n) is 5.99. The van der Waals surface area contributed by atoms with Crippen LogP contribution in [0.4, 0.5) is 0 Å². The summed E-state index contributed by atoms with van der Waals surface area (Å²) in [7, 11) is 0. The van der Waals surface area contributed by atoms with Crippen LogP contribution in [0.25, 0.3) is 0 Å². The molecular formula is C17H24N2O2. The highest BCUT2D eigenvalue weighted by molar-refractivity contribution is 5.44. The maximum atomic E-state index is 8.53. The Morgan fingerprint density at radius 2 is 2.29 bits per heavy atom. The van der Waals surface area contributed by atoms with E-state index in [0.717, 1.165) is 30.9 Å². The average Bonchev–Trinajstić information content (AvgIpc) is 2.42. The third-order valence-electron chi connectivity index (χ3n) is 3.59. The summed E-state index contributed by atoms with van der Waals surface area (Å²) in [6.45, 7) is 7.84. The molecule has 0 spiro atoms. The van der Waals surface area contributed by atoms with Crippen molar-refractivity contribution in [2.24, 2.45) is 0 Å². The van der Waals surface area contributed by atoms with Gasteiger partial charge in [-0.3, -0.25) is 0 Å². The van der Waals surface area contributed by atoms with Gasteiger partial charge < -0.3 is 14.8 Å². The molecule has 1 unspecified atom stereocenters. The van der Waals surface area contributed by atoms with Crippen LogP contribution in [0, 0.1) is 11.3 Å². The summed E-state index contributed by atoms with van der Waals surface area (Å²) in [5.74, 6) is 1.70. The Morgan fingerprint density at radius 3 is 3.00 bits per heavy atom. The normalized spacial score (nSPS) is 19.2. The van der Waals surface area contributed by atoms with E-state index in [0.29, 0.717) is 19.1 Å². The van der Waals surface area contributed by atoms with E-state index < -0.39 is 0 Å². The van der Waals surface area contributed by atoms with Crippen LogP contribution in [-0.2, 0) is 0 Å². The molecule has 1 aromatic carbocycles. The van der Waals surface area contributed by atoms with Crippen molar-refractivity contribution in [3.05, 3.63) is 23.8 Å². The van der Waals surface area contributed by atoms with E-state index in [4.69, 9.17) is 14.7 Å². The van der Waals surface area contributed by atoms with Crippen LogP contribution in [0.5, 0.6) is 11.5 Å². The van der Waals surface area contributed by atoms with Crippen LogP contribution in [0.15, 0.2) is 18.2 Å². The molecule has 21 heavy (non-hydrogen) atoms. The van der Waals surface area contributed by atoms with Crippen molar-refractivity contribution in [3.63, 3.8) is 0 Å². The predicted molar refractivity (Wildman–Crippen MR) is 82.5 cm³/mol. The Labute approximate surface area is 127 Å². The summed E-state index contributed by atoms with van der Waals surface area (Å²) in [5.41, 5.74) is 1.01. The topological polar surface area (TPSA) is 54.3 Å². The van der Waals surface area contributed by atoms with E-state index >= 15 is 0 Å². The minimum Gasteiger partial charge on any atom is -0.493 e. The van der Waals surface area contributed by atoms with E-state index in [9.17, 15) is 0 Å². The number of nitrogens with one attached hydrogen (secondary N) is 1. The van der Waals surface area contributed by atoms with Crippen molar-refractivity contribution >= 4 is 0 Å². The number of rotatable bonds is 6. The van der Waals surface area contributed by atoms with E-state index in [2.05, 4.69) is 38.2 Å². The molecule has 0 aromatic heterocycles. The first-order valence-electron chi connectivity index (χ1n) is 7.62. The molecule has 2 rings (SSSR count). The smallest absolute Gasteiger partial charge is 0.128 e. The second kappa shape index (κ2) is 6.82. The van der Waals surface area contributed by atoms with E-state index in [1.165, 1.54) is 5.56 Å². The van der Waals surface area contributed by atoms with Crippen LogP contribution in [0.3, 0.4) is 0 Å². The molecule has 1 N–H and O–H groups in total.